The molecule has 0 radical (unpaired) electrons. The van der Waals surface area contributed by atoms with Crippen molar-refractivity contribution in [3.63, 3.8) is 0 Å². The average molecular weight is 335 g/mol. The molecular formula is C16H17NO3S2. The van der Waals surface area contributed by atoms with Crippen molar-refractivity contribution in [3.05, 3.63) is 40.3 Å². The Balaban J connectivity index is 2.37. The largest absolute Gasteiger partial charge is 0.480 e. The summed E-state index contributed by atoms with van der Waals surface area (Å²) in [5, 5.41) is 9.38. The van der Waals surface area contributed by atoms with E-state index >= 15 is 0 Å². The monoisotopic (exact) mass is 335 g/mol. The van der Waals surface area contributed by atoms with Gasteiger partial charge in [-0.3, -0.25) is 9.69 Å². The molecule has 1 fully saturated rings. The van der Waals surface area contributed by atoms with Crippen LogP contribution >= 0.6 is 24.0 Å². The van der Waals surface area contributed by atoms with Gasteiger partial charge in [-0.1, -0.05) is 62.1 Å². The minimum Gasteiger partial charge on any atom is -0.480 e. The van der Waals surface area contributed by atoms with Crippen LogP contribution in [0.4, 0.5) is 0 Å². The van der Waals surface area contributed by atoms with Gasteiger partial charge in [-0.05, 0) is 30.0 Å². The molecule has 1 saturated heterocycles. The van der Waals surface area contributed by atoms with E-state index in [4.69, 9.17) is 12.2 Å². The lowest BCUT2D eigenvalue weighted by Crippen LogP contribution is -2.47. The van der Waals surface area contributed by atoms with Gasteiger partial charge in [0.1, 0.15) is 10.4 Å². The van der Waals surface area contributed by atoms with Gasteiger partial charge in [0.25, 0.3) is 5.91 Å². The molecule has 4 nitrogen and oxygen atoms in total. The molecule has 1 aromatic rings. The molecule has 0 bridgehead atoms. The van der Waals surface area contributed by atoms with Crippen molar-refractivity contribution in [2.45, 2.75) is 26.8 Å². The number of nitrogens with zero attached hydrogens (tertiary/aromatic N) is 1. The molecular weight excluding hydrogens is 318 g/mol. The van der Waals surface area contributed by atoms with Crippen LogP contribution < -0.4 is 0 Å². The molecule has 116 valence electrons. The van der Waals surface area contributed by atoms with Crippen LogP contribution in [0.15, 0.2) is 29.2 Å². The Labute approximate surface area is 139 Å². The Bertz CT molecular complexity index is 667. The van der Waals surface area contributed by atoms with Crippen LogP contribution in [0.2, 0.25) is 0 Å². The fourth-order valence-electron chi connectivity index (χ4n) is 2.30. The average Bonchev–Trinajstić information content (AvgIpc) is 2.69. The molecule has 0 unspecified atom stereocenters. The van der Waals surface area contributed by atoms with Crippen molar-refractivity contribution < 1.29 is 14.7 Å². The number of amides is 1. The number of carbonyl (C=O) groups is 2. The zero-order valence-electron chi connectivity index (χ0n) is 12.6. The summed E-state index contributed by atoms with van der Waals surface area (Å²) < 4.78 is 0.297. The second-order valence-corrected chi connectivity index (χ2v) is 7.11. The van der Waals surface area contributed by atoms with E-state index in [1.807, 2.05) is 31.2 Å². The first-order valence-electron chi connectivity index (χ1n) is 6.88. The molecule has 1 aromatic carbocycles. The number of thiocarbonyl (C=S) groups is 1. The van der Waals surface area contributed by atoms with E-state index in [2.05, 4.69) is 0 Å². The standard InChI is InChI=1S/C16H17NO3S2/c1-9(2)13(15(19)20)17-14(18)12(22-16(17)21)8-11-7-5-4-6-10(11)3/h4-9,13H,1-3H3,(H,19,20)/b12-8-/t13-/m0/s1. The summed E-state index contributed by atoms with van der Waals surface area (Å²) in [5.41, 5.74) is 1.98. The topological polar surface area (TPSA) is 57.6 Å². The molecule has 1 amide bonds. The van der Waals surface area contributed by atoms with E-state index in [1.54, 1.807) is 19.9 Å². The van der Waals surface area contributed by atoms with Gasteiger partial charge in [-0.2, -0.15) is 0 Å². The summed E-state index contributed by atoms with van der Waals surface area (Å²) in [6, 6.07) is 6.76. The van der Waals surface area contributed by atoms with Crippen molar-refractivity contribution in [3.8, 4) is 0 Å². The van der Waals surface area contributed by atoms with E-state index in [1.165, 1.54) is 4.90 Å². The molecule has 0 aliphatic carbocycles. The molecule has 2 rings (SSSR count). The van der Waals surface area contributed by atoms with Gasteiger partial charge in [0.05, 0.1) is 4.91 Å². The van der Waals surface area contributed by atoms with Crippen LogP contribution in [0.3, 0.4) is 0 Å². The molecule has 1 aliphatic heterocycles. The molecule has 1 aliphatic rings. The van der Waals surface area contributed by atoms with Gasteiger partial charge in [-0.15, -0.1) is 0 Å². The molecule has 22 heavy (non-hydrogen) atoms. The van der Waals surface area contributed by atoms with Gasteiger partial charge >= 0.3 is 5.97 Å². The van der Waals surface area contributed by atoms with Gasteiger partial charge in [0.15, 0.2) is 0 Å². The molecule has 0 saturated carbocycles. The van der Waals surface area contributed by atoms with E-state index in [9.17, 15) is 14.7 Å². The highest BCUT2D eigenvalue weighted by molar-refractivity contribution is 8.26. The summed E-state index contributed by atoms with van der Waals surface area (Å²) in [6.45, 7) is 5.49. The third kappa shape index (κ3) is 3.23. The number of aryl methyl sites for hydroxylation is 1. The first-order chi connectivity index (χ1) is 10.3. The Morgan fingerprint density at radius 1 is 1.36 bits per heavy atom. The maximum Gasteiger partial charge on any atom is 0.327 e. The van der Waals surface area contributed by atoms with Gasteiger partial charge in [0, 0.05) is 0 Å². The van der Waals surface area contributed by atoms with Crippen molar-refractivity contribution in [1.29, 1.82) is 0 Å². The minimum atomic E-state index is -1.04. The van der Waals surface area contributed by atoms with Crippen molar-refractivity contribution in [1.82, 2.24) is 4.90 Å². The first-order valence-corrected chi connectivity index (χ1v) is 8.11. The lowest BCUT2D eigenvalue weighted by atomic mass is 10.0. The van der Waals surface area contributed by atoms with Crippen LogP contribution in [0, 0.1) is 12.8 Å². The Morgan fingerprint density at radius 2 is 2.00 bits per heavy atom. The number of hydrogen-bond donors (Lipinski definition) is 1. The zero-order chi connectivity index (χ0) is 16.4. The fraction of sp³-hybridized carbons (Fsp3) is 0.312. The maximum atomic E-state index is 12.6. The minimum absolute atomic E-state index is 0.224. The summed E-state index contributed by atoms with van der Waals surface area (Å²) in [5.74, 6) is -1.60. The third-order valence-corrected chi connectivity index (χ3v) is 4.79. The smallest absolute Gasteiger partial charge is 0.327 e. The number of rotatable bonds is 4. The highest BCUT2D eigenvalue weighted by Crippen LogP contribution is 2.35. The number of carboxylic acids is 1. The predicted octanol–water partition coefficient (Wildman–Crippen LogP) is 3.31. The molecule has 0 spiro atoms. The van der Waals surface area contributed by atoms with E-state index in [0.29, 0.717) is 9.23 Å². The van der Waals surface area contributed by atoms with E-state index < -0.39 is 12.0 Å². The van der Waals surface area contributed by atoms with Gasteiger partial charge in [-0.25, -0.2) is 4.79 Å². The third-order valence-electron chi connectivity index (χ3n) is 3.46. The van der Waals surface area contributed by atoms with Crippen LogP contribution in [-0.4, -0.2) is 32.2 Å². The quantitative estimate of drug-likeness (QED) is 0.676. The number of benzene rings is 1. The maximum absolute atomic E-state index is 12.6. The number of hydrogen-bond acceptors (Lipinski definition) is 4. The summed E-state index contributed by atoms with van der Waals surface area (Å²) >= 11 is 6.38. The van der Waals surface area contributed by atoms with Gasteiger partial charge in [0.2, 0.25) is 0 Å². The van der Waals surface area contributed by atoms with E-state index in [-0.39, 0.29) is 11.8 Å². The lowest BCUT2D eigenvalue weighted by molar-refractivity contribution is -0.146. The number of carboxylic acid groups (broad SMARTS) is 1. The zero-order valence-corrected chi connectivity index (χ0v) is 14.2. The van der Waals surface area contributed by atoms with Crippen LogP contribution in [0.25, 0.3) is 6.08 Å². The van der Waals surface area contributed by atoms with Gasteiger partial charge < -0.3 is 5.11 Å². The lowest BCUT2D eigenvalue weighted by Gasteiger charge is -2.26. The van der Waals surface area contributed by atoms with Crippen LogP contribution in [-0.2, 0) is 9.59 Å². The molecule has 0 aromatic heterocycles. The molecule has 1 N–H and O–H groups in total. The number of thioether (sulfide) groups is 1. The fourth-order valence-corrected chi connectivity index (χ4v) is 3.62. The summed E-state index contributed by atoms with van der Waals surface area (Å²) in [6.07, 6.45) is 1.77. The summed E-state index contributed by atoms with van der Waals surface area (Å²) in [7, 11) is 0. The Morgan fingerprint density at radius 3 is 2.55 bits per heavy atom. The predicted molar refractivity (Wildman–Crippen MR) is 92.5 cm³/mol. The number of carbonyl (C=O) groups excluding carboxylic acids is 1. The summed E-state index contributed by atoms with van der Waals surface area (Å²) in [4.78, 5) is 25.7. The van der Waals surface area contributed by atoms with E-state index in [0.717, 1.165) is 22.9 Å². The highest BCUT2D eigenvalue weighted by atomic mass is 32.2. The first kappa shape index (κ1) is 16.7. The number of aliphatic carboxylic acids is 1. The van der Waals surface area contributed by atoms with Crippen LogP contribution in [0.5, 0.6) is 0 Å². The Kier molecular flexibility index (Phi) is 5.03. The highest BCUT2D eigenvalue weighted by Gasteiger charge is 2.41. The SMILES string of the molecule is Cc1ccccc1/C=C1\SC(=S)N([C@H](C(=O)O)C(C)C)C1=O. The van der Waals surface area contributed by atoms with Crippen molar-refractivity contribution in [2.75, 3.05) is 0 Å². The second kappa shape index (κ2) is 6.62. The Hall–Kier alpha value is -1.66. The molecule has 1 atom stereocenters. The van der Waals surface area contributed by atoms with Crippen LogP contribution in [0.1, 0.15) is 25.0 Å². The molecule has 6 heteroatoms. The normalized spacial score (nSPS) is 18.4. The van der Waals surface area contributed by atoms with Crippen molar-refractivity contribution in [2.24, 2.45) is 5.92 Å². The van der Waals surface area contributed by atoms with Crippen molar-refractivity contribution >= 4 is 46.3 Å². The molecule has 1 heterocycles. The second-order valence-electron chi connectivity index (χ2n) is 5.44.